The third-order valence-corrected chi connectivity index (χ3v) is 18.0. The van der Waals surface area contributed by atoms with E-state index in [1.54, 1.807) is 0 Å². The molecule has 2 aliphatic carbocycles. The Hall–Kier alpha value is -0.800. The van der Waals surface area contributed by atoms with E-state index in [1.165, 1.54) is 0 Å². The second kappa shape index (κ2) is 40.6. The van der Waals surface area contributed by atoms with Crippen LogP contribution in [0.4, 0.5) is 0 Å². The monoisotopic (exact) mass is 1230 g/mol. The van der Waals surface area contributed by atoms with Gasteiger partial charge in [0.1, 0.15) is 61.0 Å². The molecule has 2 saturated heterocycles. The summed E-state index contributed by atoms with van der Waals surface area (Å²) in [6.45, 7) is 7.49. The lowest BCUT2D eigenvalue weighted by molar-refractivity contribution is -0.291. The van der Waals surface area contributed by atoms with Crippen LogP contribution >= 0.6 is 48.0 Å². The van der Waals surface area contributed by atoms with Crippen LogP contribution in [0.5, 0.6) is 0 Å². The minimum atomic E-state index is -1.31. The summed E-state index contributed by atoms with van der Waals surface area (Å²) in [7, 11) is 0. The van der Waals surface area contributed by atoms with E-state index in [1.807, 2.05) is 23.5 Å². The van der Waals surface area contributed by atoms with Crippen LogP contribution in [0.25, 0.3) is 0 Å². The van der Waals surface area contributed by atoms with Gasteiger partial charge in [-0.1, -0.05) is 12.8 Å². The number of aliphatic hydroxyl groups excluding tert-OH is 6. The highest BCUT2D eigenvalue weighted by molar-refractivity contribution is 7.99. The first-order chi connectivity index (χ1) is 38.9. The molecule has 4 aliphatic rings. The van der Waals surface area contributed by atoms with Gasteiger partial charge >= 0.3 is 0 Å². The Labute approximate surface area is 499 Å². The molecule has 4 rings (SSSR count). The molecular weight excluding hydrogens is 1130 g/mol. The number of ether oxygens (including phenoxy) is 6. The summed E-state index contributed by atoms with van der Waals surface area (Å²) in [4.78, 5) is 2.53. The molecular formula is C51H106N14O12S4. The summed E-state index contributed by atoms with van der Waals surface area (Å²) in [6.07, 6.45) is -3.14. The summed E-state index contributed by atoms with van der Waals surface area (Å²) in [5.41, 5.74) is 54.6. The molecule has 0 aromatic carbocycles. The topological polar surface area (TPSA) is 462 Å². The van der Waals surface area contributed by atoms with Crippen molar-refractivity contribution in [3.8, 4) is 0 Å². The summed E-state index contributed by atoms with van der Waals surface area (Å²) < 4.78 is 36.0. The Morgan fingerprint density at radius 3 is 1.33 bits per heavy atom. The Morgan fingerprint density at radius 2 is 0.864 bits per heavy atom. The number of unbranched alkanes of at least 4 members (excludes halogenated alkanes) is 6. The first-order valence-corrected chi connectivity index (χ1v) is 32.5. The molecule has 0 aromatic heterocycles. The molecule has 30 heteroatoms. The Balaban J connectivity index is 0.985. The highest BCUT2D eigenvalue weighted by Crippen LogP contribution is 2.31. The lowest BCUT2D eigenvalue weighted by Gasteiger charge is -2.46. The lowest BCUT2D eigenvalue weighted by Crippen LogP contribution is -2.67. The number of nitrogens with zero attached hydrogens (tertiary/aromatic N) is 1. The predicted octanol–water partition coefficient (Wildman–Crippen LogP) is -5.22. The van der Waals surface area contributed by atoms with Crippen molar-refractivity contribution >= 4 is 58.2 Å². The van der Waals surface area contributed by atoms with Crippen molar-refractivity contribution in [2.75, 3.05) is 102 Å². The van der Waals surface area contributed by atoms with Crippen LogP contribution < -0.4 is 72.9 Å². The van der Waals surface area contributed by atoms with Gasteiger partial charge in [0.25, 0.3) is 0 Å². The summed E-state index contributed by atoms with van der Waals surface area (Å²) in [5, 5.41) is 77.9. The molecule has 0 bridgehead atoms. The third-order valence-electron chi connectivity index (χ3n) is 15.3. The van der Waals surface area contributed by atoms with Gasteiger partial charge in [0, 0.05) is 88.2 Å². The highest BCUT2D eigenvalue weighted by Gasteiger charge is 2.50. The highest BCUT2D eigenvalue weighted by atomic mass is 32.2. The van der Waals surface area contributed by atoms with Gasteiger partial charge in [-0.3, -0.25) is 0 Å². The van der Waals surface area contributed by atoms with Crippen molar-refractivity contribution in [3.05, 3.63) is 0 Å². The molecule has 2 heterocycles. The number of rotatable bonds is 39. The SMILES string of the molecule is NCCCCCN(CCCCNC(=S)NCCSCCCCOC1C(O)[C@H](N)CC(N)[C@H]1O[C@H]1OC(CN)[C@@H](O)C(O)C1N)CCCNC(=S)NCCSCCCCCOC1C(O)[C@H](N)CC(N)[C@H]1O[C@H]1OC(CN)[C@@H](O)C(O)C1N. The van der Waals surface area contributed by atoms with E-state index in [0.29, 0.717) is 42.8 Å². The van der Waals surface area contributed by atoms with Crippen molar-refractivity contribution in [3.63, 3.8) is 0 Å². The molecule has 12 unspecified atom stereocenters. The zero-order valence-electron chi connectivity index (χ0n) is 47.5. The summed E-state index contributed by atoms with van der Waals surface area (Å²) in [6, 6.07) is -4.45. The molecule has 0 spiro atoms. The fraction of sp³-hybridized carbons (Fsp3) is 0.961. The largest absolute Gasteiger partial charge is 0.389 e. The van der Waals surface area contributed by atoms with Crippen molar-refractivity contribution in [1.82, 2.24) is 26.2 Å². The number of hydrogen-bond acceptors (Lipinski definition) is 26. The van der Waals surface area contributed by atoms with Gasteiger partial charge in [0.15, 0.2) is 22.8 Å². The van der Waals surface area contributed by atoms with E-state index < -0.39 is 122 Å². The van der Waals surface area contributed by atoms with E-state index in [-0.39, 0.29) is 13.1 Å². The average Bonchev–Trinajstić information content (AvgIpc) is 3.44. The summed E-state index contributed by atoms with van der Waals surface area (Å²) in [5.74, 6) is 3.72. The fourth-order valence-corrected chi connectivity index (χ4v) is 12.4. The maximum absolute atomic E-state index is 10.9. The normalized spacial score (nSPS) is 34.5. The molecule has 2 saturated carbocycles. The number of thioether (sulfide) groups is 2. The van der Waals surface area contributed by atoms with E-state index in [0.717, 1.165) is 139 Å². The van der Waals surface area contributed by atoms with Crippen LogP contribution in [-0.2, 0) is 28.4 Å². The standard InChI is InChI=1S/C51H106N14O12S4/c52-12-3-1-5-17-65(18-6-4-13-61-50(78)63-16-25-81-23-10-8-21-73-47-39(67)31(56)27-33(58)45(47)77-49-37(60)43(71)41(69)35(29-54)75-49)19-11-14-62-51(79)64-15-24-80-22-9-2-7-20-72-46-38(66)30(55)26-32(57)44(46)76-48-36(59)42(70)40(68)34(28-53)74-48/h30-49,66-71H,1-29,52-60H2,(H2,61,63,78)(H2,62,64,79)/t30-,31-,32?,33?,34?,35?,36?,37?,38?,39?,40-,41-,42?,43?,44-,45-,46?,47?,48-,49-/m1/s1. The molecule has 81 heavy (non-hydrogen) atoms. The van der Waals surface area contributed by atoms with Gasteiger partial charge in [-0.15, -0.1) is 0 Å². The zero-order chi connectivity index (χ0) is 59.3. The Morgan fingerprint density at radius 1 is 0.457 bits per heavy atom. The molecule has 476 valence electrons. The zero-order valence-corrected chi connectivity index (χ0v) is 50.7. The third kappa shape index (κ3) is 25.1. The molecule has 26 nitrogen and oxygen atoms in total. The maximum atomic E-state index is 10.9. The minimum Gasteiger partial charge on any atom is -0.389 e. The van der Waals surface area contributed by atoms with Crippen molar-refractivity contribution in [2.45, 2.75) is 206 Å². The van der Waals surface area contributed by atoms with E-state index >= 15 is 0 Å². The van der Waals surface area contributed by atoms with E-state index in [9.17, 15) is 30.6 Å². The van der Waals surface area contributed by atoms with Crippen molar-refractivity contribution in [1.29, 1.82) is 0 Å². The molecule has 2 aliphatic heterocycles. The van der Waals surface area contributed by atoms with Gasteiger partial charge in [-0.25, -0.2) is 0 Å². The van der Waals surface area contributed by atoms with Gasteiger partial charge < -0.3 is 137 Å². The van der Waals surface area contributed by atoms with Crippen LogP contribution in [0, 0.1) is 0 Å². The number of aliphatic hydroxyl groups is 6. The smallest absolute Gasteiger partial charge is 0.176 e. The van der Waals surface area contributed by atoms with Crippen LogP contribution in [0.1, 0.15) is 83.5 Å². The molecule has 0 aromatic rings. The maximum Gasteiger partial charge on any atom is 0.176 e. The van der Waals surface area contributed by atoms with Crippen LogP contribution in [0.15, 0.2) is 0 Å². The second-order valence-electron chi connectivity index (χ2n) is 21.8. The molecule has 0 amide bonds. The quantitative estimate of drug-likeness (QED) is 0.0202. The predicted molar refractivity (Wildman–Crippen MR) is 326 cm³/mol. The first kappa shape index (κ1) is 72.7. The summed E-state index contributed by atoms with van der Waals surface area (Å²) >= 11 is 14.8. The first-order valence-electron chi connectivity index (χ1n) is 29.4. The number of nitrogens with two attached hydrogens (primary N) is 9. The van der Waals surface area contributed by atoms with Gasteiger partial charge in [-0.2, -0.15) is 23.5 Å². The minimum absolute atomic E-state index is 0.0437. The van der Waals surface area contributed by atoms with Crippen molar-refractivity contribution in [2.24, 2.45) is 51.6 Å². The van der Waals surface area contributed by atoms with E-state index in [2.05, 4.69) is 26.2 Å². The van der Waals surface area contributed by atoms with E-state index in [4.69, 9.17) is 104 Å². The van der Waals surface area contributed by atoms with Gasteiger partial charge in [0.2, 0.25) is 0 Å². The average molecular weight is 1240 g/mol. The number of hydrogen-bond donors (Lipinski definition) is 19. The van der Waals surface area contributed by atoms with Crippen LogP contribution in [0.3, 0.4) is 0 Å². The molecule has 4 fully saturated rings. The molecule has 20 atom stereocenters. The Kier molecular flexibility index (Phi) is 36.4. The van der Waals surface area contributed by atoms with Crippen LogP contribution in [-0.4, -0.2) is 270 Å². The second-order valence-corrected chi connectivity index (χ2v) is 25.0. The van der Waals surface area contributed by atoms with Gasteiger partial charge in [0.05, 0.1) is 24.3 Å². The fourth-order valence-electron chi connectivity index (χ4n) is 10.3. The Bertz CT molecular complexity index is 1700. The lowest BCUT2D eigenvalue weighted by atomic mass is 9.84. The van der Waals surface area contributed by atoms with Crippen LogP contribution in [0.2, 0.25) is 0 Å². The molecule has 0 radical (unpaired) electrons. The molecule has 28 N–H and O–H groups in total. The number of nitrogens with one attached hydrogen (secondary N) is 4. The van der Waals surface area contributed by atoms with Gasteiger partial charge in [-0.05, 0) is 133 Å². The number of thiocarbonyl (C=S) groups is 2. The van der Waals surface area contributed by atoms with Crippen molar-refractivity contribution < 1.29 is 59.1 Å².